The molecule has 0 saturated carbocycles. The molecule has 1 N–H and O–H groups in total. The van der Waals surface area contributed by atoms with Crippen LogP contribution in [0.1, 0.15) is 48.8 Å². The van der Waals surface area contributed by atoms with Gasteiger partial charge in [-0.2, -0.15) is 0 Å². The van der Waals surface area contributed by atoms with Gasteiger partial charge < -0.3 is 4.98 Å². The van der Waals surface area contributed by atoms with Gasteiger partial charge in [0, 0.05) is 29.9 Å². The van der Waals surface area contributed by atoms with Crippen LogP contribution >= 0.6 is 11.3 Å². The molecule has 3 aromatic heterocycles. The lowest BCUT2D eigenvalue weighted by Crippen LogP contribution is -2.38. The molecule has 1 atom stereocenters. The molecule has 24 heavy (non-hydrogen) atoms. The van der Waals surface area contributed by atoms with E-state index in [1.54, 1.807) is 0 Å². The molecule has 0 fully saturated rings. The monoisotopic (exact) mass is 342 g/mol. The summed E-state index contributed by atoms with van der Waals surface area (Å²) < 4.78 is 1.95. The Balaban J connectivity index is 1.76. The first-order chi connectivity index (χ1) is 11.5. The number of rotatable bonds is 3. The van der Waals surface area contributed by atoms with Crippen molar-refractivity contribution in [3.05, 3.63) is 51.7 Å². The molecule has 3 aromatic rings. The van der Waals surface area contributed by atoms with Gasteiger partial charge in [-0.15, -0.1) is 16.4 Å². The molecule has 0 spiro atoms. The maximum Gasteiger partial charge on any atom is 0.175 e. The van der Waals surface area contributed by atoms with Crippen molar-refractivity contribution >= 4 is 11.3 Å². The quantitative estimate of drug-likeness (QED) is 0.795. The lowest BCUT2D eigenvalue weighted by Gasteiger charge is -2.34. The molecule has 4 heterocycles. The lowest BCUT2D eigenvalue weighted by molar-refractivity contribution is 0.184. The Morgan fingerprint density at radius 1 is 1.29 bits per heavy atom. The number of tetrazole rings is 1. The zero-order valence-corrected chi connectivity index (χ0v) is 15.0. The summed E-state index contributed by atoms with van der Waals surface area (Å²) in [6.45, 7) is 8.33. The van der Waals surface area contributed by atoms with Crippen LogP contribution in [-0.2, 0) is 18.5 Å². The van der Waals surface area contributed by atoms with E-state index >= 15 is 0 Å². The number of nitrogens with one attached hydrogen (secondary N) is 1. The van der Waals surface area contributed by atoms with Crippen molar-refractivity contribution in [2.45, 2.75) is 45.3 Å². The van der Waals surface area contributed by atoms with Gasteiger partial charge in [-0.1, -0.05) is 0 Å². The minimum Gasteiger partial charge on any atom is -0.363 e. The average molecular weight is 342 g/mol. The van der Waals surface area contributed by atoms with E-state index in [-0.39, 0.29) is 11.6 Å². The number of hydrogen-bond donors (Lipinski definition) is 1. The van der Waals surface area contributed by atoms with Gasteiger partial charge in [-0.3, -0.25) is 4.90 Å². The van der Waals surface area contributed by atoms with Gasteiger partial charge in [0.1, 0.15) is 6.04 Å². The Bertz CT molecular complexity index is 810. The fraction of sp³-hybridized carbons (Fsp3) is 0.471. The van der Waals surface area contributed by atoms with Crippen LogP contribution in [0.4, 0.5) is 0 Å². The van der Waals surface area contributed by atoms with Crippen LogP contribution < -0.4 is 0 Å². The summed E-state index contributed by atoms with van der Waals surface area (Å²) in [5.74, 6) is 0.892. The summed E-state index contributed by atoms with van der Waals surface area (Å²) >= 11 is 1.86. The predicted octanol–water partition coefficient (Wildman–Crippen LogP) is 2.97. The van der Waals surface area contributed by atoms with Crippen molar-refractivity contribution in [2.24, 2.45) is 0 Å². The van der Waals surface area contributed by atoms with Crippen LogP contribution in [0.3, 0.4) is 0 Å². The highest BCUT2D eigenvalue weighted by Crippen LogP contribution is 2.34. The van der Waals surface area contributed by atoms with E-state index in [1.165, 1.54) is 10.4 Å². The van der Waals surface area contributed by atoms with Gasteiger partial charge in [-0.25, -0.2) is 4.68 Å². The molecule has 7 heteroatoms. The van der Waals surface area contributed by atoms with Crippen molar-refractivity contribution in [1.82, 2.24) is 30.1 Å². The van der Waals surface area contributed by atoms with Crippen molar-refractivity contribution < 1.29 is 0 Å². The van der Waals surface area contributed by atoms with Gasteiger partial charge in [0.25, 0.3) is 0 Å². The predicted molar refractivity (Wildman–Crippen MR) is 93.9 cm³/mol. The molecule has 0 saturated heterocycles. The third-order valence-electron chi connectivity index (χ3n) is 4.49. The second-order valence-electron chi connectivity index (χ2n) is 7.24. The Labute approximate surface area is 145 Å². The topological polar surface area (TPSA) is 62.6 Å². The van der Waals surface area contributed by atoms with Crippen molar-refractivity contribution in [3.63, 3.8) is 0 Å². The second-order valence-corrected chi connectivity index (χ2v) is 8.24. The first kappa shape index (κ1) is 15.5. The molecule has 1 unspecified atom stereocenters. The highest BCUT2D eigenvalue weighted by Gasteiger charge is 2.33. The Hall–Kier alpha value is -1.99. The van der Waals surface area contributed by atoms with E-state index in [9.17, 15) is 0 Å². The van der Waals surface area contributed by atoms with Gasteiger partial charge in [0.2, 0.25) is 0 Å². The Kier molecular flexibility index (Phi) is 3.77. The van der Waals surface area contributed by atoms with Gasteiger partial charge in [-0.05, 0) is 66.8 Å². The lowest BCUT2D eigenvalue weighted by atomic mass is 10.0. The fourth-order valence-corrected chi connectivity index (χ4v) is 4.24. The number of nitrogens with zero attached hydrogens (tertiary/aromatic N) is 5. The van der Waals surface area contributed by atoms with Gasteiger partial charge >= 0.3 is 0 Å². The van der Waals surface area contributed by atoms with Crippen molar-refractivity contribution in [3.8, 4) is 0 Å². The second kappa shape index (κ2) is 5.82. The van der Waals surface area contributed by atoms with Crippen LogP contribution in [0, 0.1) is 0 Å². The third-order valence-corrected chi connectivity index (χ3v) is 5.52. The number of H-pyrrole nitrogens is 1. The summed E-state index contributed by atoms with van der Waals surface area (Å²) in [4.78, 5) is 7.34. The number of thiophene rings is 1. The summed E-state index contributed by atoms with van der Waals surface area (Å²) in [6.07, 6.45) is 3.05. The molecule has 0 bridgehead atoms. The number of aromatic nitrogens is 5. The zero-order valence-electron chi connectivity index (χ0n) is 14.2. The van der Waals surface area contributed by atoms with E-state index in [0.717, 1.165) is 31.0 Å². The Morgan fingerprint density at radius 2 is 2.17 bits per heavy atom. The van der Waals surface area contributed by atoms with E-state index in [1.807, 2.05) is 28.3 Å². The van der Waals surface area contributed by atoms with E-state index in [4.69, 9.17) is 0 Å². The van der Waals surface area contributed by atoms with Crippen molar-refractivity contribution in [1.29, 1.82) is 0 Å². The largest absolute Gasteiger partial charge is 0.363 e. The van der Waals surface area contributed by atoms with Crippen LogP contribution in [0.15, 0.2) is 29.8 Å². The molecule has 0 radical (unpaired) electrons. The smallest absolute Gasteiger partial charge is 0.175 e. The minimum absolute atomic E-state index is 0.0299. The highest BCUT2D eigenvalue weighted by atomic mass is 32.1. The molecule has 126 valence electrons. The maximum absolute atomic E-state index is 4.40. The SMILES string of the molecule is CC(C)(C)n1nnnc1C(c1ccc[nH]1)N1CCc2sccc2C1. The molecule has 0 aliphatic carbocycles. The molecule has 1 aliphatic heterocycles. The number of hydrogen-bond acceptors (Lipinski definition) is 5. The average Bonchev–Trinajstić information content (AvgIpc) is 3.28. The standard InChI is InChI=1S/C17H22N6S/c1-17(2,3)23-16(19-20-21-23)15(13-5-4-8-18-13)22-9-6-14-12(11-22)7-10-24-14/h4-5,7-8,10,15,18H,6,9,11H2,1-3H3. The zero-order chi connectivity index (χ0) is 16.7. The van der Waals surface area contributed by atoms with Crippen molar-refractivity contribution in [2.75, 3.05) is 6.54 Å². The van der Waals surface area contributed by atoms with E-state index < -0.39 is 0 Å². The Morgan fingerprint density at radius 3 is 2.92 bits per heavy atom. The highest BCUT2D eigenvalue weighted by molar-refractivity contribution is 7.10. The normalized spacial score (nSPS) is 17.0. The van der Waals surface area contributed by atoms with E-state index in [2.05, 4.69) is 63.7 Å². The molecule has 4 rings (SSSR count). The number of aromatic amines is 1. The van der Waals surface area contributed by atoms with Crippen LogP contribution in [0.2, 0.25) is 0 Å². The molecular weight excluding hydrogens is 320 g/mol. The van der Waals surface area contributed by atoms with Gasteiger partial charge in [0.05, 0.1) is 5.54 Å². The molecule has 6 nitrogen and oxygen atoms in total. The number of fused-ring (bicyclic) bond motifs is 1. The minimum atomic E-state index is -0.160. The van der Waals surface area contributed by atoms with Crippen LogP contribution in [-0.4, -0.2) is 36.6 Å². The fourth-order valence-electron chi connectivity index (χ4n) is 3.35. The van der Waals surface area contributed by atoms with Gasteiger partial charge in [0.15, 0.2) is 5.82 Å². The summed E-state index contributed by atoms with van der Waals surface area (Å²) in [5.41, 5.74) is 2.40. The summed E-state index contributed by atoms with van der Waals surface area (Å²) in [6, 6.07) is 6.43. The molecular formula is C17H22N6S. The maximum atomic E-state index is 4.40. The summed E-state index contributed by atoms with van der Waals surface area (Å²) in [5, 5.41) is 14.8. The first-order valence-corrected chi connectivity index (χ1v) is 9.13. The molecule has 0 amide bonds. The van der Waals surface area contributed by atoms with Crippen LogP contribution in [0.25, 0.3) is 0 Å². The molecule has 0 aromatic carbocycles. The first-order valence-electron chi connectivity index (χ1n) is 8.25. The van der Waals surface area contributed by atoms with Crippen LogP contribution in [0.5, 0.6) is 0 Å². The van der Waals surface area contributed by atoms with E-state index in [0.29, 0.717) is 0 Å². The summed E-state index contributed by atoms with van der Waals surface area (Å²) in [7, 11) is 0. The third kappa shape index (κ3) is 2.67. The molecule has 1 aliphatic rings.